The maximum Gasteiger partial charge on any atom is 0.291 e. The van der Waals surface area contributed by atoms with Crippen LogP contribution in [0.2, 0.25) is 0 Å². The molecule has 156 valence electrons. The number of hydrogen-bond donors (Lipinski definition) is 1. The van der Waals surface area contributed by atoms with E-state index in [0.29, 0.717) is 18.8 Å². The van der Waals surface area contributed by atoms with Crippen LogP contribution in [0, 0.1) is 0 Å². The number of nitrogens with zero attached hydrogens (tertiary/aromatic N) is 8. The van der Waals surface area contributed by atoms with Crippen LogP contribution in [0.5, 0.6) is 0 Å². The van der Waals surface area contributed by atoms with Crippen molar-refractivity contribution in [3.05, 3.63) is 41.9 Å². The number of fused-ring (bicyclic) bond motifs is 2. The Bertz CT molecular complexity index is 1110. The average molecular weight is 409 g/mol. The van der Waals surface area contributed by atoms with Crippen LogP contribution < -0.4 is 10.2 Å². The van der Waals surface area contributed by atoms with Gasteiger partial charge in [-0.1, -0.05) is 0 Å². The SMILES string of the molecule is CN1C(=O)C(NC(=O)c2nc3n(n2)[C@@H](c2cnn(C)c2)CCC3)CCn2nccc21. The average Bonchev–Trinajstić information content (AvgIpc) is 3.47. The fourth-order valence-electron chi connectivity index (χ4n) is 4.23. The molecule has 0 saturated carbocycles. The van der Waals surface area contributed by atoms with E-state index in [1.54, 1.807) is 28.7 Å². The second-order valence-corrected chi connectivity index (χ2v) is 7.78. The zero-order chi connectivity index (χ0) is 20.8. The van der Waals surface area contributed by atoms with E-state index >= 15 is 0 Å². The summed E-state index contributed by atoms with van der Waals surface area (Å²) in [5.41, 5.74) is 1.05. The number of aromatic nitrogens is 7. The van der Waals surface area contributed by atoms with Crippen molar-refractivity contribution in [3.63, 3.8) is 0 Å². The highest BCUT2D eigenvalue weighted by Gasteiger charge is 2.32. The number of carbonyl (C=O) groups excluding carboxylic acids is 2. The Morgan fingerprint density at radius 3 is 2.90 bits per heavy atom. The predicted molar refractivity (Wildman–Crippen MR) is 106 cm³/mol. The molecule has 2 aliphatic heterocycles. The van der Waals surface area contributed by atoms with Crippen LogP contribution >= 0.6 is 0 Å². The Kier molecular flexibility index (Phi) is 4.37. The molecule has 5 heterocycles. The molecule has 5 rings (SSSR count). The molecule has 11 heteroatoms. The van der Waals surface area contributed by atoms with Gasteiger partial charge >= 0.3 is 0 Å². The quantitative estimate of drug-likeness (QED) is 0.665. The third kappa shape index (κ3) is 3.06. The minimum Gasteiger partial charge on any atom is -0.337 e. The van der Waals surface area contributed by atoms with Crippen LogP contribution in [0.1, 0.15) is 47.3 Å². The monoisotopic (exact) mass is 409 g/mol. The summed E-state index contributed by atoms with van der Waals surface area (Å²) < 4.78 is 5.34. The molecule has 0 spiro atoms. The van der Waals surface area contributed by atoms with E-state index in [9.17, 15) is 9.59 Å². The lowest BCUT2D eigenvalue weighted by molar-refractivity contribution is -0.120. The van der Waals surface area contributed by atoms with E-state index in [4.69, 9.17) is 0 Å². The van der Waals surface area contributed by atoms with Crippen molar-refractivity contribution in [2.45, 2.75) is 44.3 Å². The summed E-state index contributed by atoms with van der Waals surface area (Å²) in [6.45, 7) is 0.541. The lowest BCUT2D eigenvalue weighted by atomic mass is 10.0. The van der Waals surface area contributed by atoms with Crippen molar-refractivity contribution >= 4 is 17.6 Å². The van der Waals surface area contributed by atoms with Gasteiger partial charge in [0.05, 0.1) is 18.4 Å². The fraction of sp³-hybridized carbons (Fsp3) is 0.474. The first-order valence-electron chi connectivity index (χ1n) is 10.1. The Labute approximate surface area is 172 Å². The molecule has 1 unspecified atom stereocenters. The number of rotatable bonds is 3. The van der Waals surface area contributed by atoms with Gasteiger partial charge in [0.15, 0.2) is 0 Å². The molecular weight excluding hydrogens is 386 g/mol. The second kappa shape index (κ2) is 7.08. The maximum absolute atomic E-state index is 12.9. The molecule has 0 bridgehead atoms. The number of aryl methyl sites for hydroxylation is 3. The minimum absolute atomic E-state index is 0.0131. The van der Waals surface area contributed by atoms with Gasteiger partial charge in [0.1, 0.15) is 17.7 Å². The third-order valence-electron chi connectivity index (χ3n) is 5.79. The lowest BCUT2D eigenvalue weighted by Gasteiger charge is -2.22. The number of nitrogens with one attached hydrogen (secondary N) is 1. The molecule has 30 heavy (non-hydrogen) atoms. The largest absolute Gasteiger partial charge is 0.337 e. The van der Waals surface area contributed by atoms with Gasteiger partial charge in [0.25, 0.3) is 11.8 Å². The zero-order valence-electron chi connectivity index (χ0n) is 16.9. The first-order valence-corrected chi connectivity index (χ1v) is 10.1. The first-order chi connectivity index (χ1) is 14.5. The molecule has 0 radical (unpaired) electrons. The molecule has 0 aromatic carbocycles. The lowest BCUT2D eigenvalue weighted by Crippen LogP contribution is -2.47. The Morgan fingerprint density at radius 1 is 1.23 bits per heavy atom. The molecule has 2 atom stereocenters. The summed E-state index contributed by atoms with van der Waals surface area (Å²) >= 11 is 0. The normalized spacial score (nSPS) is 21.1. The first kappa shape index (κ1) is 18.5. The minimum atomic E-state index is -0.654. The van der Waals surface area contributed by atoms with Gasteiger partial charge < -0.3 is 5.32 Å². The molecule has 0 aliphatic carbocycles. The number of amides is 2. The van der Waals surface area contributed by atoms with E-state index in [0.717, 1.165) is 30.7 Å². The van der Waals surface area contributed by atoms with Gasteiger partial charge in [-0.05, 0) is 19.3 Å². The summed E-state index contributed by atoms with van der Waals surface area (Å²) in [7, 11) is 3.56. The Hall–Kier alpha value is -3.50. The van der Waals surface area contributed by atoms with Gasteiger partial charge in [0, 0.05) is 44.9 Å². The van der Waals surface area contributed by atoms with E-state index in [-0.39, 0.29) is 17.8 Å². The van der Waals surface area contributed by atoms with Crippen LogP contribution in [0.15, 0.2) is 24.7 Å². The maximum atomic E-state index is 12.9. The molecule has 3 aromatic rings. The zero-order valence-corrected chi connectivity index (χ0v) is 16.9. The Morgan fingerprint density at radius 2 is 2.10 bits per heavy atom. The van der Waals surface area contributed by atoms with Crippen LogP contribution in [-0.4, -0.2) is 59.2 Å². The summed E-state index contributed by atoms with van der Waals surface area (Å²) in [5.74, 6) is 0.975. The highest BCUT2D eigenvalue weighted by Crippen LogP contribution is 2.29. The fourth-order valence-corrected chi connectivity index (χ4v) is 4.23. The molecule has 1 N–H and O–H groups in total. The summed E-state index contributed by atoms with van der Waals surface area (Å²) in [5, 5.41) is 15.8. The van der Waals surface area contributed by atoms with E-state index in [1.807, 2.05) is 24.1 Å². The molecule has 3 aromatic heterocycles. The summed E-state index contributed by atoms with van der Waals surface area (Å²) in [6.07, 6.45) is 8.56. The highest BCUT2D eigenvalue weighted by molar-refractivity contribution is 6.00. The standard InChI is InChI=1S/C19H23N9O2/c1-25-11-12(10-21-25)14-4-3-5-15-23-17(24-28(14)15)18(29)22-13-7-9-27-16(6-8-20-27)26(2)19(13)30/h6,8,10-11,13-14H,3-5,7,9H2,1-2H3,(H,22,29)/t13?,14-/m1/s1. The van der Waals surface area contributed by atoms with Crippen molar-refractivity contribution < 1.29 is 9.59 Å². The summed E-state index contributed by atoms with van der Waals surface area (Å²) in [4.78, 5) is 31.7. The third-order valence-corrected chi connectivity index (χ3v) is 5.79. The number of likely N-dealkylation sites (N-methyl/N-ethyl adjacent to an activating group) is 1. The van der Waals surface area contributed by atoms with Crippen LogP contribution in [0.25, 0.3) is 0 Å². The molecule has 0 fully saturated rings. The van der Waals surface area contributed by atoms with Crippen molar-refractivity contribution in [2.24, 2.45) is 7.05 Å². The van der Waals surface area contributed by atoms with E-state index in [2.05, 4.69) is 25.6 Å². The van der Waals surface area contributed by atoms with Gasteiger partial charge in [0.2, 0.25) is 5.82 Å². The number of carbonyl (C=O) groups is 2. The second-order valence-electron chi connectivity index (χ2n) is 7.78. The Balaban J connectivity index is 1.36. The van der Waals surface area contributed by atoms with Crippen molar-refractivity contribution in [1.29, 1.82) is 0 Å². The van der Waals surface area contributed by atoms with Crippen LogP contribution in [0.3, 0.4) is 0 Å². The molecular formula is C19H23N9O2. The smallest absolute Gasteiger partial charge is 0.291 e. The number of anilines is 1. The molecule has 2 amide bonds. The van der Waals surface area contributed by atoms with Crippen LogP contribution in [-0.2, 0) is 24.8 Å². The predicted octanol–water partition coefficient (Wildman–Crippen LogP) is 0.299. The van der Waals surface area contributed by atoms with Crippen molar-refractivity contribution in [2.75, 3.05) is 11.9 Å². The van der Waals surface area contributed by atoms with Crippen molar-refractivity contribution in [1.82, 2.24) is 39.6 Å². The van der Waals surface area contributed by atoms with Crippen LogP contribution in [0.4, 0.5) is 5.82 Å². The highest BCUT2D eigenvalue weighted by atomic mass is 16.2. The van der Waals surface area contributed by atoms with Gasteiger partial charge in [-0.25, -0.2) is 14.3 Å². The topological polar surface area (TPSA) is 116 Å². The molecule has 11 nitrogen and oxygen atoms in total. The molecule has 0 saturated heterocycles. The van der Waals surface area contributed by atoms with Gasteiger partial charge in [-0.15, -0.1) is 5.10 Å². The van der Waals surface area contributed by atoms with E-state index < -0.39 is 11.9 Å². The van der Waals surface area contributed by atoms with Gasteiger partial charge in [-0.3, -0.25) is 19.2 Å². The van der Waals surface area contributed by atoms with Gasteiger partial charge in [-0.2, -0.15) is 10.2 Å². The van der Waals surface area contributed by atoms with E-state index in [1.165, 1.54) is 4.90 Å². The summed E-state index contributed by atoms with van der Waals surface area (Å²) in [6, 6.07) is 1.14. The van der Waals surface area contributed by atoms with Crippen molar-refractivity contribution in [3.8, 4) is 0 Å². The number of hydrogen-bond acceptors (Lipinski definition) is 6. The molecule has 2 aliphatic rings.